The molecule has 8 aliphatic heterocycles. The molecule has 1 unspecified atom stereocenters. The highest BCUT2D eigenvalue weighted by Crippen LogP contribution is 2.38. The normalized spacial score (nSPS) is 53.8. The third-order valence-electron chi connectivity index (χ3n) is 15.8. The van der Waals surface area contributed by atoms with Crippen molar-refractivity contribution < 1.29 is 194 Å². The van der Waals surface area contributed by atoms with Gasteiger partial charge in [0.1, 0.15) is 183 Å². The summed E-state index contributed by atoms with van der Waals surface area (Å²) in [5.41, 5.74) is 0. The lowest BCUT2D eigenvalue weighted by molar-refractivity contribution is -0.399. The van der Waals surface area contributed by atoms with Crippen molar-refractivity contribution in [3.63, 3.8) is 0 Å². The summed E-state index contributed by atoms with van der Waals surface area (Å²) in [4.78, 5) is 0. The van der Waals surface area contributed by atoms with E-state index in [9.17, 15) is 123 Å². The van der Waals surface area contributed by atoms with Crippen LogP contribution < -0.4 is 0 Å². The highest BCUT2D eigenvalue weighted by atomic mass is 16.8. The molecule has 24 N–H and O–H groups in total. The van der Waals surface area contributed by atoms with Gasteiger partial charge in [-0.15, -0.1) is 0 Å². The zero-order valence-corrected chi connectivity index (χ0v) is 44.5. The summed E-state index contributed by atoms with van der Waals surface area (Å²) in [6, 6.07) is 0. The van der Waals surface area contributed by atoms with E-state index in [2.05, 4.69) is 0 Å². The Morgan fingerprint density at radius 1 is 0.247 bits per heavy atom. The van der Waals surface area contributed by atoms with E-state index in [0.717, 1.165) is 0 Å². The highest BCUT2D eigenvalue weighted by molar-refractivity contribution is 5.01. The number of aliphatic hydroxyl groups excluding tert-OH is 24. The van der Waals surface area contributed by atoms with Crippen molar-refractivity contribution >= 4 is 0 Å². The summed E-state index contributed by atoms with van der Waals surface area (Å²) in [5.74, 6) is 0. The number of ether oxygens (including phenoxy) is 15. The molecule has 8 rings (SSSR count). The molecule has 38 atom stereocenters. The molecular formula is C46H78O39. The number of aliphatic hydroxyl groups is 24. The van der Waals surface area contributed by atoms with Crippen molar-refractivity contribution in [1.29, 1.82) is 0 Å². The second-order valence-electron chi connectivity index (χ2n) is 21.6. The van der Waals surface area contributed by atoms with E-state index >= 15 is 0 Å². The molecule has 39 heteroatoms. The summed E-state index contributed by atoms with van der Waals surface area (Å²) in [5, 5.41) is 256. The van der Waals surface area contributed by atoms with Crippen LogP contribution in [0.15, 0.2) is 0 Å². The predicted octanol–water partition coefficient (Wildman–Crippen LogP) is -17.2. The first-order valence-corrected chi connectivity index (χ1v) is 27.0. The molecule has 39 nitrogen and oxygen atoms in total. The van der Waals surface area contributed by atoms with Crippen molar-refractivity contribution in [2.75, 3.05) is 52.9 Å². The number of hydrogen-bond acceptors (Lipinski definition) is 39. The van der Waals surface area contributed by atoms with E-state index in [0.29, 0.717) is 0 Å². The molecule has 0 aromatic rings. The summed E-state index contributed by atoms with van der Waals surface area (Å²) < 4.78 is 84.3. The largest absolute Gasteiger partial charge is 0.394 e. The standard InChI is InChI=1S/C46H78O39/c47-1-11-19(55)20(56)29(65)42(76-11)84-37-15(7-73-40-27(63)17(53)9(51)5-71-40)80-46(33(69)25(37)61)85-38-16(8-74-41-28(64)18(54)10(52)6-72-41)79-45(32(68)24(38)60)83-36-14(4-50)78-44(31(67)23(36)59)82-35-13(3-49)77-43(30(66)22(35)58)81-34-12(2-48)75-39(70)26(62)21(34)57/h9-70H,1-8H2/t9-,10-,11-,12-,13-,14-,15-,16-,17+,18+,19-,20+,21-,22-,23-,24-,25+,26-,27-,28-,29-,30-,31-,32-,33-,34-,35-,36-,37-,38-,39?,40-,41-,42+,43+,44+,45+,46+/m1/s1. The fraction of sp³-hybridized carbons (Fsp3) is 1.00. The van der Waals surface area contributed by atoms with Gasteiger partial charge in [-0.3, -0.25) is 0 Å². The lowest BCUT2D eigenvalue weighted by atomic mass is 9.95. The summed E-state index contributed by atoms with van der Waals surface area (Å²) in [6.45, 7) is -6.95. The number of hydrogen-bond donors (Lipinski definition) is 24. The van der Waals surface area contributed by atoms with Crippen molar-refractivity contribution in [2.24, 2.45) is 0 Å². The zero-order chi connectivity index (χ0) is 62.2. The van der Waals surface area contributed by atoms with Crippen LogP contribution in [0.4, 0.5) is 0 Å². The van der Waals surface area contributed by atoms with Gasteiger partial charge in [0.05, 0.1) is 52.9 Å². The summed E-state index contributed by atoms with van der Waals surface area (Å²) in [7, 11) is 0. The molecule has 8 aliphatic rings. The average Bonchev–Trinajstić information content (AvgIpc) is 2.60. The van der Waals surface area contributed by atoms with Crippen molar-refractivity contribution in [3.05, 3.63) is 0 Å². The summed E-state index contributed by atoms with van der Waals surface area (Å²) >= 11 is 0. The summed E-state index contributed by atoms with van der Waals surface area (Å²) in [6.07, 6.45) is -74.5. The molecule has 0 amide bonds. The zero-order valence-electron chi connectivity index (χ0n) is 44.5. The Balaban J connectivity index is 0.986. The fourth-order valence-corrected chi connectivity index (χ4v) is 10.7. The Morgan fingerprint density at radius 3 is 0.835 bits per heavy atom. The van der Waals surface area contributed by atoms with Crippen LogP contribution in [0.2, 0.25) is 0 Å². The molecule has 496 valence electrons. The predicted molar refractivity (Wildman–Crippen MR) is 252 cm³/mol. The van der Waals surface area contributed by atoms with E-state index < -0.39 is 286 Å². The van der Waals surface area contributed by atoms with Crippen molar-refractivity contribution in [2.45, 2.75) is 233 Å². The van der Waals surface area contributed by atoms with Gasteiger partial charge in [-0.25, -0.2) is 0 Å². The van der Waals surface area contributed by atoms with Crippen LogP contribution in [-0.2, 0) is 71.1 Å². The Kier molecular flexibility index (Phi) is 24.3. The lowest BCUT2D eigenvalue weighted by Gasteiger charge is -2.50. The average molecular weight is 1260 g/mol. The second kappa shape index (κ2) is 29.8. The minimum Gasteiger partial charge on any atom is -0.394 e. The molecule has 0 aliphatic carbocycles. The fourth-order valence-electron chi connectivity index (χ4n) is 10.7. The maximum atomic E-state index is 11.9. The monoisotopic (exact) mass is 1250 g/mol. The van der Waals surface area contributed by atoms with Gasteiger partial charge in [0, 0.05) is 0 Å². The smallest absolute Gasteiger partial charge is 0.187 e. The topological polar surface area (TPSA) is 624 Å². The minimum atomic E-state index is -2.36. The van der Waals surface area contributed by atoms with Crippen LogP contribution in [-0.4, -0.2) is 409 Å². The van der Waals surface area contributed by atoms with Crippen molar-refractivity contribution in [1.82, 2.24) is 0 Å². The molecule has 0 aromatic heterocycles. The Bertz CT molecular complexity index is 2020. The maximum Gasteiger partial charge on any atom is 0.187 e. The second-order valence-corrected chi connectivity index (χ2v) is 21.6. The Morgan fingerprint density at radius 2 is 0.506 bits per heavy atom. The van der Waals surface area contributed by atoms with Crippen LogP contribution in [0.1, 0.15) is 0 Å². The van der Waals surface area contributed by atoms with E-state index in [1.165, 1.54) is 0 Å². The van der Waals surface area contributed by atoms with Gasteiger partial charge in [-0.2, -0.15) is 0 Å². The first kappa shape index (κ1) is 69.3. The van der Waals surface area contributed by atoms with Crippen LogP contribution in [0.25, 0.3) is 0 Å². The molecule has 8 saturated heterocycles. The molecule has 85 heavy (non-hydrogen) atoms. The van der Waals surface area contributed by atoms with Gasteiger partial charge in [0.15, 0.2) is 50.3 Å². The lowest BCUT2D eigenvalue weighted by Crippen LogP contribution is -2.68. The van der Waals surface area contributed by atoms with Gasteiger partial charge >= 0.3 is 0 Å². The van der Waals surface area contributed by atoms with E-state index in [4.69, 9.17) is 71.1 Å². The van der Waals surface area contributed by atoms with E-state index in [-0.39, 0.29) is 0 Å². The molecule has 8 heterocycles. The van der Waals surface area contributed by atoms with Gasteiger partial charge in [-0.05, 0) is 0 Å². The first-order valence-electron chi connectivity index (χ1n) is 27.0. The molecule has 0 aromatic carbocycles. The van der Waals surface area contributed by atoms with Crippen LogP contribution >= 0.6 is 0 Å². The minimum absolute atomic E-state index is 0.563. The molecule has 0 radical (unpaired) electrons. The molecule has 0 saturated carbocycles. The highest BCUT2D eigenvalue weighted by Gasteiger charge is 2.58. The van der Waals surface area contributed by atoms with E-state index in [1.807, 2.05) is 0 Å². The van der Waals surface area contributed by atoms with E-state index in [1.54, 1.807) is 0 Å². The quantitative estimate of drug-likeness (QED) is 0.0538. The third kappa shape index (κ3) is 14.7. The van der Waals surface area contributed by atoms with Gasteiger partial charge in [0.25, 0.3) is 0 Å². The molecular weight excluding hydrogens is 1180 g/mol. The van der Waals surface area contributed by atoms with Gasteiger partial charge in [-0.1, -0.05) is 0 Å². The van der Waals surface area contributed by atoms with Crippen molar-refractivity contribution in [3.8, 4) is 0 Å². The Hall–Kier alpha value is -1.56. The van der Waals surface area contributed by atoms with Crippen LogP contribution in [0.3, 0.4) is 0 Å². The van der Waals surface area contributed by atoms with Crippen LogP contribution in [0.5, 0.6) is 0 Å². The third-order valence-corrected chi connectivity index (χ3v) is 15.8. The SMILES string of the molecule is OC[C@H]1O[C@@H](O[C@H]2[C@@H](O)[C@@H](O)[C@H](O[C@H]3[C@H](O)[C@@H](O)[C@H](O[C@H]4[C@H](O)[C@@H](O)[C@H](O[C@H]5[C@H](O)[C@@H](O)[C@H](O[C@H]6[C@H](O)[C@@H](O)C(O)O[C@@H]6CO)O[C@@H]5CO)O[C@@H]4CO)O[C@@H]3CO[C@H]3OC[C@@H](O)[C@H](O)[C@H]3O)O[C@@H]2CO[C@H]2OC[C@@H](O)[C@H](O)[C@H]2O)[C@H](O)[C@@H](O)[C@@H]1O. The maximum absolute atomic E-state index is 11.9. The number of rotatable bonds is 20. The van der Waals surface area contributed by atoms with Gasteiger partial charge in [0.2, 0.25) is 0 Å². The Labute approximate surface area is 479 Å². The molecule has 0 bridgehead atoms. The van der Waals surface area contributed by atoms with Crippen LogP contribution in [0, 0.1) is 0 Å². The molecule has 8 fully saturated rings. The van der Waals surface area contributed by atoms with Gasteiger partial charge < -0.3 is 194 Å². The molecule has 0 spiro atoms. The first-order chi connectivity index (χ1) is 40.3.